The average Bonchev–Trinajstić information content (AvgIpc) is 2.98. The second kappa shape index (κ2) is 15.3. The van der Waals surface area contributed by atoms with Crippen LogP contribution in [0.3, 0.4) is 0 Å². The first kappa shape index (κ1) is 33.3. The molecule has 0 radical (unpaired) electrons. The number of hydrogen-bond donors (Lipinski definition) is 3. The molecule has 6 nitrogen and oxygen atoms in total. The Kier molecular flexibility index (Phi) is 11.8. The van der Waals surface area contributed by atoms with Crippen molar-refractivity contribution in [1.82, 2.24) is 10.2 Å². The summed E-state index contributed by atoms with van der Waals surface area (Å²) in [5, 5.41) is 15.0. The van der Waals surface area contributed by atoms with Gasteiger partial charge in [-0.15, -0.1) is 12.8 Å². The molecule has 0 aromatic heterocycles. The number of halogens is 2. The van der Waals surface area contributed by atoms with Gasteiger partial charge in [-0.05, 0) is 67.2 Å². The van der Waals surface area contributed by atoms with Gasteiger partial charge >= 0.3 is 0 Å². The van der Waals surface area contributed by atoms with E-state index in [-0.39, 0.29) is 42.0 Å². The van der Waals surface area contributed by atoms with Crippen LogP contribution in [-0.4, -0.2) is 47.6 Å². The number of hydrogen-bond acceptors (Lipinski definition) is 4. The highest BCUT2D eigenvalue weighted by atomic mass is 19.1. The summed E-state index contributed by atoms with van der Waals surface area (Å²) in [7, 11) is 0. The highest BCUT2D eigenvalue weighted by Crippen LogP contribution is 2.45. The van der Waals surface area contributed by atoms with Crippen LogP contribution < -0.4 is 11.1 Å². The molecule has 0 heterocycles. The predicted molar refractivity (Wildman–Crippen MR) is 164 cm³/mol. The lowest BCUT2D eigenvalue weighted by Gasteiger charge is -2.44. The number of nitrogens with zero attached hydrogens (tertiary/aromatic N) is 1. The van der Waals surface area contributed by atoms with Crippen molar-refractivity contribution in [1.29, 1.82) is 0 Å². The molecule has 2 amide bonds. The number of nitrogens with two attached hydrogens (primary N) is 1. The fraction of sp³-hybridized carbons (Fsp3) is 0.371. The Morgan fingerprint density at radius 2 is 1.74 bits per heavy atom. The molecule has 0 spiro atoms. The van der Waals surface area contributed by atoms with Gasteiger partial charge in [-0.25, -0.2) is 8.78 Å². The van der Waals surface area contributed by atoms with Crippen molar-refractivity contribution in [3.8, 4) is 24.7 Å². The Labute approximate surface area is 253 Å². The van der Waals surface area contributed by atoms with E-state index in [0.717, 1.165) is 11.6 Å². The van der Waals surface area contributed by atoms with Crippen LogP contribution in [-0.2, 0) is 22.6 Å². The average molecular weight is 588 g/mol. The van der Waals surface area contributed by atoms with Crippen LogP contribution in [0, 0.1) is 47.7 Å². The quantitative estimate of drug-likeness (QED) is 0.288. The number of benzene rings is 2. The van der Waals surface area contributed by atoms with Gasteiger partial charge in [0.15, 0.2) is 0 Å². The topological polar surface area (TPSA) is 95.7 Å². The van der Waals surface area contributed by atoms with Crippen LogP contribution in [0.1, 0.15) is 49.8 Å². The Balaban J connectivity index is 2.13. The first-order chi connectivity index (χ1) is 20.6. The molecule has 226 valence electrons. The van der Waals surface area contributed by atoms with Crippen LogP contribution in [0.2, 0.25) is 0 Å². The molecule has 0 bridgehead atoms. The number of amides is 2. The van der Waals surface area contributed by atoms with Crippen LogP contribution >= 0.6 is 0 Å². The van der Waals surface area contributed by atoms with Crippen molar-refractivity contribution in [3.05, 3.63) is 94.1 Å². The molecule has 1 unspecified atom stereocenters. The van der Waals surface area contributed by atoms with Gasteiger partial charge in [-0.1, -0.05) is 43.9 Å². The first-order valence-corrected chi connectivity index (χ1v) is 14.4. The fourth-order valence-corrected chi connectivity index (χ4v) is 5.77. The van der Waals surface area contributed by atoms with Gasteiger partial charge in [0.25, 0.3) is 0 Å². The van der Waals surface area contributed by atoms with E-state index in [4.69, 9.17) is 18.6 Å². The number of primary amides is 1. The van der Waals surface area contributed by atoms with E-state index >= 15 is 0 Å². The number of carbonyl (C=O) groups is 2. The Hall–Kier alpha value is -4.24. The molecule has 8 heteroatoms. The zero-order chi connectivity index (χ0) is 31.6. The maximum absolute atomic E-state index is 14.6. The van der Waals surface area contributed by atoms with E-state index < -0.39 is 35.0 Å². The number of aliphatic hydroxyl groups excluding tert-OH is 1. The van der Waals surface area contributed by atoms with Crippen LogP contribution in [0.15, 0.2) is 65.8 Å². The third kappa shape index (κ3) is 8.41. The Bertz CT molecular complexity index is 1440. The Morgan fingerprint density at radius 3 is 2.33 bits per heavy atom. The van der Waals surface area contributed by atoms with E-state index in [2.05, 4.69) is 17.2 Å². The van der Waals surface area contributed by atoms with Gasteiger partial charge in [0.05, 0.1) is 11.5 Å². The SMILES string of the molecule is C#CC1=CC(C(=O)N(CCC)CCC)([C@H](Cc2cc(F)cc(F)c2)[C@@H](O)CNCc2cccc(C#C)c2)CC(C(N)=O)=C1. The third-order valence-corrected chi connectivity index (χ3v) is 7.66. The number of rotatable bonds is 14. The monoisotopic (exact) mass is 587 g/mol. The molecule has 1 aliphatic carbocycles. The van der Waals surface area contributed by atoms with E-state index in [1.165, 1.54) is 18.2 Å². The molecule has 2 aromatic rings. The minimum absolute atomic E-state index is 0.0220. The van der Waals surface area contributed by atoms with Crippen LogP contribution in [0.4, 0.5) is 8.78 Å². The molecule has 4 N–H and O–H groups in total. The molecule has 3 rings (SSSR count). The van der Waals surface area contributed by atoms with Crippen molar-refractivity contribution >= 4 is 11.8 Å². The van der Waals surface area contributed by atoms with E-state index in [9.17, 15) is 23.5 Å². The summed E-state index contributed by atoms with van der Waals surface area (Å²) >= 11 is 0. The molecule has 2 aromatic carbocycles. The minimum atomic E-state index is -1.53. The summed E-state index contributed by atoms with van der Waals surface area (Å²) in [6, 6.07) is 10.5. The number of nitrogens with one attached hydrogen (secondary N) is 1. The van der Waals surface area contributed by atoms with Gasteiger partial charge < -0.3 is 21.1 Å². The van der Waals surface area contributed by atoms with Gasteiger partial charge in [-0.3, -0.25) is 9.59 Å². The van der Waals surface area contributed by atoms with E-state index in [0.29, 0.717) is 38.0 Å². The second-order valence-corrected chi connectivity index (χ2v) is 10.9. The molecule has 0 saturated carbocycles. The zero-order valence-corrected chi connectivity index (χ0v) is 24.7. The normalized spacial score (nSPS) is 17.6. The first-order valence-electron chi connectivity index (χ1n) is 14.4. The molecule has 1 aliphatic rings. The summed E-state index contributed by atoms with van der Waals surface area (Å²) in [6.07, 6.45) is 14.3. The summed E-state index contributed by atoms with van der Waals surface area (Å²) in [5.41, 5.74) is 6.44. The molecule has 43 heavy (non-hydrogen) atoms. The van der Waals surface area contributed by atoms with Crippen molar-refractivity contribution in [3.63, 3.8) is 0 Å². The molecule has 0 aliphatic heterocycles. The van der Waals surface area contributed by atoms with Crippen molar-refractivity contribution in [2.45, 2.75) is 52.2 Å². The van der Waals surface area contributed by atoms with E-state index in [1.54, 1.807) is 11.0 Å². The largest absolute Gasteiger partial charge is 0.391 e. The summed E-state index contributed by atoms with van der Waals surface area (Å²) in [5.74, 6) is 1.52. The zero-order valence-electron chi connectivity index (χ0n) is 24.7. The van der Waals surface area contributed by atoms with Crippen LogP contribution in [0.25, 0.3) is 0 Å². The van der Waals surface area contributed by atoms with Gasteiger partial charge in [-0.2, -0.15) is 0 Å². The van der Waals surface area contributed by atoms with Crippen molar-refractivity contribution < 1.29 is 23.5 Å². The minimum Gasteiger partial charge on any atom is -0.391 e. The highest BCUT2D eigenvalue weighted by molar-refractivity contribution is 5.96. The Morgan fingerprint density at radius 1 is 1.07 bits per heavy atom. The van der Waals surface area contributed by atoms with Gasteiger partial charge in [0, 0.05) is 54.9 Å². The fourth-order valence-electron chi connectivity index (χ4n) is 5.77. The maximum atomic E-state index is 14.6. The summed E-state index contributed by atoms with van der Waals surface area (Å²) in [6.45, 7) is 5.15. The molecule has 3 atom stereocenters. The number of carbonyl (C=O) groups excluding carboxylic acids is 2. The van der Waals surface area contributed by atoms with Gasteiger partial charge in [0.2, 0.25) is 11.8 Å². The maximum Gasteiger partial charge on any atom is 0.244 e. The lowest BCUT2D eigenvalue weighted by Crippen LogP contribution is -2.54. The van der Waals surface area contributed by atoms with E-state index in [1.807, 2.05) is 38.1 Å². The smallest absolute Gasteiger partial charge is 0.244 e. The number of aliphatic hydroxyl groups is 1. The number of allylic oxidation sites excluding steroid dienone is 2. The standard InChI is InChI=1S/C35H39F2N3O3/c1-5-12-40(13-6-2)34(43)35(20-25(8-4)15-28(21-35)33(38)42)31(18-27-16-29(36)19-30(37)17-27)32(41)23-39-22-26-11-9-10-24(7-3)14-26/h3-4,9-11,14-17,19-20,31-32,39,41H,5-6,12-13,18,21-23H2,1-2H3,(H2,38,42)/t31-,32+,35?/m1/s1. The van der Waals surface area contributed by atoms with Crippen LogP contribution in [0.5, 0.6) is 0 Å². The van der Waals surface area contributed by atoms with Crippen molar-refractivity contribution in [2.24, 2.45) is 17.1 Å². The third-order valence-electron chi connectivity index (χ3n) is 7.66. The lowest BCUT2D eigenvalue weighted by molar-refractivity contribution is -0.145. The lowest BCUT2D eigenvalue weighted by atomic mass is 9.63. The number of terminal acetylenes is 2. The van der Waals surface area contributed by atoms with Crippen molar-refractivity contribution in [2.75, 3.05) is 19.6 Å². The highest BCUT2D eigenvalue weighted by Gasteiger charge is 2.50. The molecule has 0 fully saturated rings. The molecule has 0 saturated heterocycles. The summed E-state index contributed by atoms with van der Waals surface area (Å²) < 4.78 is 28.7. The second-order valence-electron chi connectivity index (χ2n) is 10.9. The molecular formula is C35H39F2N3O3. The summed E-state index contributed by atoms with van der Waals surface area (Å²) in [4.78, 5) is 28.8. The van der Waals surface area contributed by atoms with Gasteiger partial charge in [0.1, 0.15) is 11.6 Å². The predicted octanol–water partition coefficient (Wildman–Crippen LogP) is 4.27. The molecular weight excluding hydrogens is 548 g/mol.